The first-order chi connectivity index (χ1) is 9.84. The van der Waals surface area contributed by atoms with E-state index in [4.69, 9.17) is 9.88 Å². The molecule has 1 aromatic heterocycles. The molecule has 2 aromatic rings. The van der Waals surface area contributed by atoms with Crippen molar-refractivity contribution in [3.8, 4) is 16.9 Å². The lowest BCUT2D eigenvalue weighted by Gasteiger charge is -2.16. The van der Waals surface area contributed by atoms with Crippen LogP contribution in [0.4, 0.5) is 5.82 Å². The van der Waals surface area contributed by atoms with E-state index in [9.17, 15) is 8.42 Å². The van der Waals surface area contributed by atoms with E-state index in [2.05, 4.69) is 4.98 Å². The van der Waals surface area contributed by atoms with E-state index in [1.54, 1.807) is 24.4 Å². The second-order valence-electron chi connectivity index (χ2n) is 4.68. The molecule has 2 N–H and O–H groups in total. The summed E-state index contributed by atoms with van der Waals surface area (Å²) in [5.74, 6) is 0.958. The van der Waals surface area contributed by atoms with Crippen LogP contribution in [0.5, 0.6) is 5.75 Å². The Balaban J connectivity index is 2.67. The molecule has 7 heteroatoms. The molecule has 112 valence electrons. The zero-order valence-electron chi connectivity index (χ0n) is 12.1. The predicted molar refractivity (Wildman–Crippen MR) is 81.9 cm³/mol. The lowest BCUT2D eigenvalue weighted by atomic mass is 10.1. The molecule has 0 aliphatic carbocycles. The molecule has 6 nitrogen and oxygen atoms in total. The quantitative estimate of drug-likeness (QED) is 0.924. The Labute approximate surface area is 124 Å². The van der Waals surface area contributed by atoms with Gasteiger partial charge in [-0.1, -0.05) is 6.07 Å². The molecular formula is C14H17N3O3S. The van der Waals surface area contributed by atoms with Crippen LogP contribution in [-0.4, -0.2) is 34.6 Å². The zero-order chi connectivity index (χ0) is 15.6. The van der Waals surface area contributed by atoms with E-state index in [0.29, 0.717) is 5.56 Å². The molecule has 21 heavy (non-hydrogen) atoms. The number of ether oxygens (including phenoxy) is 1. The van der Waals surface area contributed by atoms with Gasteiger partial charge in [0.05, 0.1) is 7.11 Å². The van der Waals surface area contributed by atoms with Crippen LogP contribution in [0.2, 0.25) is 0 Å². The third-order valence-corrected chi connectivity index (χ3v) is 3.92. The monoisotopic (exact) mass is 307 g/mol. The van der Waals surface area contributed by atoms with Crippen molar-refractivity contribution >= 4 is 15.8 Å². The maximum Gasteiger partial charge on any atom is 0.241 e. The smallest absolute Gasteiger partial charge is 0.241 e. The molecule has 0 bridgehead atoms. The fraction of sp³-hybridized carbons (Fsp3) is 0.214. The summed E-state index contributed by atoms with van der Waals surface area (Å²) in [7, 11) is 1.28. The largest absolute Gasteiger partial charge is 0.495 e. The van der Waals surface area contributed by atoms with Crippen molar-refractivity contribution in [3.63, 3.8) is 0 Å². The summed E-state index contributed by atoms with van der Waals surface area (Å²) >= 11 is 0. The van der Waals surface area contributed by atoms with Gasteiger partial charge in [-0.2, -0.15) is 0 Å². The van der Waals surface area contributed by atoms with Crippen molar-refractivity contribution < 1.29 is 13.2 Å². The van der Waals surface area contributed by atoms with Gasteiger partial charge in [-0.3, -0.25) is 0 Å². The van der Waals surface area contributed by atoms with Gasteiger partial charge in [0.15, 0.2) is 0 Å². The number of primary sulfonamides is 1. The van der Waals surface area contributed by atoms with Crippen LogP contribution in [0.1, 0.15) is 0 Å². The number of hydrogen-bond acceptors (Lipinski definition) is 5. The van der Waals surface area contributed by atoms with E-state index >= 15 is 0 Å². The first kappa shape index (κ1) is 15.3. The highest BCUT2D eigenvalue weighted by Crippen LogP contribution is 2.32. The Morgan fingerprint density at radius 3 is 2.52 bits per heavy atom. The fourth-order valence-electron chi connectivity index (χ4n) is 2.05. The van der Waals surface area contributed by atoms with Crippen molar-refractivity contribution in [1.29, 1.82) is 0 Å². The van der Waals surface area contributed by atoms with Crippen LogP contribution in [0, 0.1) is 0 Å². The third kappa shape index (κ3) is 3.14. The Morgan fingerprint density at radius 2 is 1.95 bits per heavy atom. The number of rotatable bonds is 4. The predicted octanol–water partition coefficient (Wildman–Crippen LogP) is 1.47. The molecular weight excluding hydrogens is 290 g/mol. The second-order valence-corrected chi connectivity index (χ2v) is 6.21. The average molecular weight is 307 g/mol. The van der Waals surface area contributed by atoms with E-state index < -0.39 is 10.0 Å². The van der Waals surface area contributed by atoms with Crippen LogP contribution in [0.25, 0.3) is 11.1 Å². The van der Waals surface area contributed by atoms with Crippen LogP contribution < -0.4 is 14.8 Å². The number of pyridine rings is 1. The van der Waals surface area contributed by atoms with E-state index in [0.717, 1.165) is 11.4 Å². The molecule has 2 rings (SSSR count). The van der Waals surface area contributed by atoms with Gasteiger partial charge in [0, 0.05) is 25.9 Å². The summed E-state index contributed by atoms with van der Waals surface area (Å²) in [5, 5.41) is 5.24. The van der Waals surface area contributed by atoms with Gasteiger partial charge in [0.1, 0.15) is 16.5 Å². The maximum atomic E-state index is 11.7. The summed E-state index contributed by atoms with van der Waals surface area (Å²) < 4.78 is 28.4. The number of methoxy groups -OCH3 is 1. The molecule has 0 saturated carbocycles. The normalized spacial score (nSPS) is 11.2. The lowest BCUT2D eigenvalue weighted by Crippen LogP contribution is -2.14. The minimum atomic E-state index is -3.87. The Kier molecular flexibility index (Phi) is 4.15. The molecule has 0 atom stereocenters. The molecule has 0 amide bonds. The zero-order valence-corrected chi connectivity index (χ0v) is 12.9. The lowest BCUT2D eigenvalue weighted by molar-refractivity contribution is 0.403. The number of anilines is 1. The summed E-state index contributed by atoms with van der Waals surface area (Å²) in [6, 6.07) is 8.53. The number of sulfonamides is 1. The fourth-order valence-corrected chi connectivity index (χ4v) is 2.77. The third-order valence-electron chi connectivity index (χ3n) is 2.99. The van der Waals surface area contributed by atoms with E-state index in [1.807, 2.05) is 25.1 Å². The number of benzene rings is 1. The molecule has 0 fully saturated rings. The standard InChI is InChI=1S/C14H17N3O3S/c1-17(2)14-11(5-4-8-16-14)10-6-7-12(20-3)13(9-10)21(15,18)19/h4-9H,1-3H3,(H2,15,18,19). The van der Waals surface area contributed by atoms with Gasteiger partial charge < -0.3 is 9.64 Å². The highest BCUT2D eigenvalue weighted by molar-refractivity contribution is 7.89. The second kappa shape index (κ2) is 5.71. The van der Waals surface area contributed by atoms with Crippen molar-refractivity contribution in [1.82, 2.24) is 4.98 Å². The maximum absolute atomic E-state index is 11.7. The van der Waals surface area contributed by atoms with Gasteiger partial charge in [0.2, 0.25) is 10.0 Å². The first-order valence-electron chi connectivity index (χ1n) is 6.18. The number of nitrogens with zero attached hydrogens (tertiary/aromatic N) is 2. The Bertz CT molecular complexity index is 758. The Morgan fingerprint density at radius 1 is 1.24 bits per heavy atom. The van der Waals surface area contributed by atoms with Gasteiger partial charge in [-0.15, -0.1) is 0 Å². The SMILES string of the molecule is COc1ccc(-c2cccnc2N(C)C)cc1S(N)(=O)=O. The van der Waals surface area contributed by atoms with Crippen LogP contribution >= 0.6 is 0 Å². The van der Waals surface area contributed by atoms with E-state index in [-0.39, 0.29) is 10.6 Å². The summed E-state index contributed by atoms with van der Waals surface area (Å²) in [4.78, 5) is 6.11. The topological polar surface area (TPSA) is 85.5 Å². The molecule has 0 spiro atoms. The molecule has 0 radical (unpaired) electrons. The van der Waals surface area contributed by atoms with Gasteiger partial charge in [0.25, 0.3) is 0 Å². The minimum absolute atomic E-state index is 0.0453. The van der Waals surface area contributed by atoms with Crippen LogP contribution in [0.3, 0.4) is 0 Å². The van der Waals surface area contributed by atoms with Gasteiger partial charge in [-0.25, -0.2) is 18.5 Å². The highest BCUT2D eigenvalue weighted by Gasteiger charge is 2.17. The molecule has 0 aliphatic rings. The van der Waals surface area contributed by atoms with Crippen LogP contribution in [-0.2, 0) is 10.0 Å². The number of aromatic nitrogens is 1. The van der Waals surface area contributed by atoms with Crippen LogP contribution in [0.15, 0.2) is 41.4 Å². The summed E-state index contributed by atoms with van der Waals surface area (Å²) in [5.41, 5.74) is 1.52. The van der Waals surface area contributed by atoms with Crippen molar-refractivity contribution in [2.45, 2.75) is 4.90 Å². The van der Waals surface area contributed by atoms with E-state index in [1.165, 1.54) is 13.2 Å². The summed E-state index contributed by atoms with van der Waals surface area (Å²) in [6.45, 7) is 0. The summed E-state index contributed by atoms with van der Waals surface area (Å²) in [6.07, 6.45) is 1.68. The molecule has 0 saturated heterocycles. The minimum Gasteiger partial charge on any atom is -0.495 e. The number of hydrogen-bond donors (Lipinski definition) is 1. The first-order valence-corrected chi connectivity index (χ1v) is 7.73. The van der Waals surface area contributed by atoms with Gasteiger partial charge >= 0.3 is 0 Å². The van der Waals surface area contributed by atoms with Crippen molar-refractivity contribution in [3.05, 3.63) is 36.5 Å². The number of nitrogens with two attached hydrogens (primary N) is 1. The molecule has 1 heterocycles. The van der Waals surface area contributed by atoms with Gasteiger partial charge in [-0.05, 0) is 29.8 Å². The Hall–Kier alpha value is -2.12. The average Bonchev–Trinajstić information content (AvgIpc) is 2.45. The van der Waals surface area contributed by atoms with Crippen molar-refractivity contribution in [2.24, 2.45) is 5.14 Å². The highest BCUT2D eigenvalue weighted by atomic mass is 32.2. The molecule has 0 unspecified atom stereocenters. The van der Waals surface area contributed by atoms with Crippen molar-refractivity contribution in [2.75, 3.05) is 26.1 Å². The molecule has 1 aromatic carbocycles. The molecule has 0 aliphatic heterocycles.